The lowest BCUT2D eigenvalue weighted by Gasteiger charge is -2.09. The molecule has 1 aliphatic carbocycles. The van der Waals surface area contributed by atoms with Gasteiger partial charge in [-0.1, -0.05) is 0 Å². The zero-order chi connectivity index (χ0) is 10.7. The van der Waals surface area contributed by atoms with E-state index in [0.29, 0.717) is 6.04 Å². The van der Waals surface area contributed by atoms with E-state index in [1.807, 2.05) is 13.0 Å². The van der Waals surface area contributed by atoms with Gasteiger partial charge in [0.15, 0.2) is 0 Å². The quantitative estimate of drug-likeness (QED) is 0.666. The molecule has 1 heterocycles. The standard InChI is InChI=1S/C10H17N5/c1-7(11)5-12-9-4-10(14-6-13-9)15-8-2-3-8/h4,6-8H,2-3,5,11H2,1H3,(H2,12,13,14,15). The van der Waals surface area contributed by atoms with Crippen LogP contribution in [0.3, 0.4) is 0 Å². The topological polar surface area (TPSA) is 75.9 Å². The molecule has 15 heavy (non-hydrogen) atoms. The van der Waals surface area contributed by atoms with Gasteiger partial charge in [0.25, 0.3) is 0 Å². The van der Waals surface area contributed by atoms with Crippen molar-refractivity contribution in [3.63, 3.8) is 0 Å². The summed E-state index contributed by atoms with van der Waals surface area (Å²) in [5.41, 5.74) is 5.65. The molecule has 5 heteroatoms. The highest BCUT2D eigenvalue weighted by Crippen LogP contribution is 2.23. The van der Waals surface area contributed by atoms with Gasteiger partial charge in [0.05, 0.1) is 0 Å². The third kappa shape index (κ3) is 3.36. The maximum Gasteiger partial charge on any atom is 0.131 e. The molecule has 0 radical (unpaired) electrons. The smallest absolute Gasteiger partial charge is 0.131 e. The van der Waals surface area contributed by atoms with Crippen molar-refractivity contribution in [2.24, 2.45) is 5.73 Å². The Balaban J connectivity index is 1.92. The number of nitrogens with zero attached hydrogens (tertiary/aromatic N) is 2. The SMILES string of the molecule is CC(N)CNc1cc(NC2CC2)ncn1. The zero-order valence-electron chi connectivity index (χ0n) is 8.90. The molecule has 82 valence electrons. The number of hydrogen-bond donors (Lipinski definition) is 3. The number of hydrogen-bond acceptors (Lipinski definition) is 5. The second-order valence-electron chi connectivity index (χ2n) is 4.07. The summed E-state index contributed by atoms with van der Waals surface area (Å²) in [5, 5.41) is 6.48. The van der Waals surface area contributed by atoms with Crippen LogP contribution in [-0.4, -0.2) is 28.6 Å². The van der Waals surface area contributed by atoms with Crippen molar-refractivity contribution in [2.75, 3.05) is 17.2 Å². The van der Waals surface area contributed by atoms with Crippen LogP contribution in [0.4, 0.5) is 11.6 Å². The van der Waals surface area contributed by atoms with Gasteiger partial charge < -0.3 is 16.4 Å². The molecule has 1 aliphatic rings. The van der Waals surface area contributed by atoms with Crippen LogP contribution in [0.2, 0.25) is 0 Å². The van der Waals surface area contributed by atoms with E-state index >= 15 is 0 Å². The van der Waals surface area contributed by atoms with E-state index in [4.69, 9.17) is 5.73 Å². The molecule has 1 atom stereocenters. The molecule has 4 N–H and O–H groups in total. The Morgan fingerprint density at radius 1 is 1.47 bits per heavy atom. The van der Waals surface area contributed by atoms with Crippen LogP contribution < -0.4 is 16.4 Å². The van der Waals surface area contributed by atoms with Crippen molar-refractivity contribution in [2.45, 2.75) is 31.8 Å². The highest BCUT2D eigenvalue weighted by atomic mass is 15.1. The Labute approximate surface area is 89.5 Å². The van der Waals surface area contributed by atoms with Crippen LogP contribution in [0.5, 0.6) is 0 Å². The van der Waals surface area contributed by atoms with Crippen LogP contribution in [0, 0.1) is 0 Å². The van der Waals surface area contributed by atoms with Crippen LogP contribution in [-0.2, 0) is 0 Å². The average Bonchev–Trinajstić information content (AvgIpc) is 2.99. The Hall–Kier alpha value is -1.36. The summed E-state index contributed by atoms with van der Waals surface area (Å²) in [6.45, 7) is 2.68. The maximum atomic E-state index is 5.65. The lowest BCUT2D eigenvalue weighted by Crippen LogP contribution is -2.25. The molecule has 0 aromatic carbocycles. The molecule has 1 saturated carbocycles. The summed E-state index contributed by atoms with van der Waals surface area (Å²) < 4.78 is 0. The molecule has 5 nitrogen and oxygen atoms in total. The highest BCUT2D eigenvalue weighted by Gasteiger charge is 2.21. The molecule has 0 amide bonds. The molecule has 0 saturated heterocycles. The van der Waals surface area contributed by atoms with E-state index in [1.165, 1.54) is 12.8 Å². The summed E-state index contributed by atoms with van der Waals surface area (Å²) in [5.74, 6) is 1.71. The minimum atomic E-state index is 0.125. The Morgan fingerprint density at radius 2 is 2.20 bits per heavy atom. The number of nitrogens with one attached hydrogen (secondary N) is 2. The first-order chi connectivity index (χ1) is 7.24. The first-order valence-electron chi connectivity index (χ1n) is 5.32. The number of rotatable bonds is 5. The average molecular weight is 207 g/mol. The summed E-state index contributed by atoms with van der Waals surface area (Å²) in [4.78, 5) is 8.27. The second-order valence-corrected chi connectivity index (χ2v) is 4.07. The van der Waals surface area contributed by atoms with Crippen LogP contribution in [0.25, 0.3) is 0 Å². The summed E-state index contributed by atoms with van der Waals surface area (Å²) in [6, 6.07) is 2.65. The largest absolute Gasteiger partial charge is 0.368 e. The highest BCUT2D eigenvalue weighted by molar-refractivity contribution is 5.47. The summed E-state index contributed by atoms with van der Waals surface area (Å²) in [6.07, 6.45) is 4.05. The summed E-state index contributed by atoms with van der Waals surface area (Å²) >= 11 is 0. The van der Waals surface area contributed by atoms with Gasteiger partial charge >= 0.3 is 0 Å². The van der Waals surface area contributed by atoms with E-state index in [2.05, 4.69) is 20.6 Å². The molecule has 0 bridgehead atoms. The van der Waals surface area contributed by atoms with Gasteiger partial charge in [0, 0.05) is 24.7 Å². The lowest BCUT2D eigenvalue weighted by atomic mass is 10.3. The molecular weight excluding hydrogens is 190 g/mol. The van der Waals surface area contributed by atoms with E-state index in [-0.39, 0.29) is 6.04 Å². The first kappa shape index (κ1) is 10.2. The van der Waals surface area contributed by atoms with Gasteiger partial charge in [-0.15, -0.1) is 0 Å². The molecule has 1 fully saturated rings. The van der Waals surface area contributed by atoms with E-state index in [1.54, 1.807) is 6.33 Å². The lowest BCUT2D eigenvalue weighted by molar-refractivity contribution is 0.777. The Kier molecular flexibility index (Phi) is 3.01. The minimum absolute atomic E-state index is 0.125. The van der Waals surface area contributed by atoms with Crippen molar-refractivity contribution in [1.82, 2.24) is 9.97 Å². The van der Waals surface area contributed by atoms with Crippen molar-refractivity contribution < 1.29 is 0 Å². The normalized spacial score (nSPS) is 17.2. The molecular formula is C10H17N5. The van der Waals surface area contributed by atoms with E-state index in [9.17, 15) is 0 Å². The minimum Gasteiger partial charge on any atom is -0.368 e. The van der Waals surface area contributed by atoms with Gasteiger partial charge in [-0.25, -0.2) is 9.97 Å². The molecule has 0 aliphatic heterocycles. The van der Waals surface area contributed by atoms with Gasteiger partial charge in [0.2, 0.25) is 0 Å². The van der Waals surface area contributed by atoms with Crippen molar-refractivity contribution in [1.29, 1.82) is 0 Å². The molecule has 1 aromatic rings. The van der Waals surface area contributed by atoms with Gasteiger partial charge in [-0.3, -0.25) is 0 Å². The molecule has 1 aromatic heterocycles. The second kappa shape index (κ2) is 4.44. The predicted octanol–water partition coefficient (Wildman–Crippen LogP) is 0.810. The Morgan fingerprint density at radius 3 is 2.87 bits per heavy atom. The molecule has 0 spiro atoms. The van der Waals surface area contributed by atoms with Crippen LogP contribution in [0.15, 0.2) is 12.4 Å². The van der Waals surface area contributed by atoms with Crippen molar-refractivity contribution in [3.05, 3.63) is 12.4 Å². The number of anilines is 2. The third-order valence-electron chi connectivity index (χ3n) is 2.20. The van der Waals surface area contributed by atoms with Gasteiger partial charge in [0.1, 0.15) is 18.0 Å². The van der Waals surface area contributed by atoms with Crippen LogP contribution >= 0.6 is 0 Å². The maximum absolute atomic E-state index is 5.65. The van der Waals surface area contributed by atoms with Crippen molar-refractivity contribution in [3.8, 4) is 0 Å². The van der Waals surface area contributed by atoms with Gasteiger partial charge in [-0.2, -0.15) is 0 Å². The van der Waals surface area contributed by atoms with Crippen molar-refractivity contribution >= 4 is 11.6 Å². The molecule has 2 rings (SSSR count). The fourth-order valence-corrected chi connectivity index (χ4v) is 1.24. The van der Waals surface area contributed by atoms with Gasteiger partial charge in [-0.05, 0) is 19.8 Å². The van der Waals surface area contributed by atoms with E-state index < -0.39 is 0 Å². The fraction of sp³-hybridized carbons (Fsp3) is 0.600. The van der Waals surface area contributed by atoms with E-state index in [0.717, 1.165) is 18.2 Å². The Bertz CT molecular complexity index is 321. The molecule has 1 unspecified atom stereocenters. The number of nitrogens with two attached hydrogens (primary N) is 1. The number of aromatic nitrogens is 2. The zero-order valence-corrected chi connectivity index (χ0v) is 8.90. The first-order valence-corrected chi connectivity index (χ1v) is 5.32. The predicted molar refractivity (Wildman–Crippen MR) is 60.8 cm³/mol. The van der Waals surface area contributed by atoms with Crippen LogP contribution in [0.1, 0.15) is 19.8 Å². The summed E-state index contributed by atoms with van der Waals surface area (Å²) in [7, 11) is 0. The fourth-order valence-electron chi connectivity index (χ4n) is 1.24. The third-order valence-corrected chi connectivity index (χ3v) is 2.20. The monoisotopic (exact) mass is 207 g/mol.